The third kappa shape index (κ3) is 6.31. The predicted molar refractivity (Wildman–Crippen MR) is 122 cm³/mol. The minimum Gasteiger partial charge on any atom is -0.502 e. The molecule has 1 aromatic heterocycles. The zero-order valence-electron chi connectivity index (χ0n) is 18.3. The van der Waals surface area contributed by atoms with Crippen molar-refractivity contribution in [1.82, 2.24) is 4.90 Å². The molecule has 0 spiro atoms. The number of carbonyl (C=O) groups is 1. The summed E-state index contributed by atoms with van der Waals surface area (Å²) in [5.41, 5.74) is 1.67. The summed E-state index contributed by atoms with van der Waals surface area (Å²) in [7, 11) is 0. The summed E-state index contributed by atoms with van der Waals surface area (Å²) in [6, 6.07) is 21.5. The van der Waals surface area contributed by atoms with Crippen molar-refractivity contribution < 1.29 is 23.8 Å². The molecule has 0 aliphatic carbocycles. The van der Waals surface area contributed by atoms with Crippen LogP contribution >= 0.6 is 0 Å². The maximum absolute atomic E-state index is 12.2. The molecule has 0 radical (unpaired) electrons. The fourth-order valence-corrected chi connectivity index (χ4v) is 3.90. The molecule has 0 atom stereocenters. The lowest BCUT2D eigenvalue weighted by molar-refractivity contribution is -0.147. The van der Waals surface area contributed by atoms with Crippen molar-refractivity contribution >= 4 is 5.97 Å². The molecule has 4 rings (SSSR count). The number of carbonyl (C=O) groups excluding carboxylic acids is 1. The van der Waals surface area contributed by atoms with Gasteiger partial charge in [0.25, 0.3) is 0 Å². The van der Waals surface area contributed by atoms with Gasteiger partial charge in [-0.2, -0.15) is 0 Å². The monoisotopic (exact) mass is 449 g/mol. The van der Waals surface area contributed by atoms with E-state index in [4.69, 9.17) is 13.9 Å². The fraction of sp³-hybridized carbons (Fsp3) is 0.308. The number of benzene rings is 2. The Morgan fingerprint density at radius 3 is 2.21 bits per heavy atom. The molecule has 7 nitrogen and oxygen atoms in total. The Hall–Kier alpha value is -3.42. The van der Waals surface area contributed by atoms with Gasteiger partial charge in [-0.3, -0.25) is 14.5 Å². The van der Waals surface area contributed by atoms with Crippen molar-refractivity contribution in [3.8, 4) is 5.75 Å². The second kappa shape index (κ2) is 10.9. The first-order valence-electron chi connectivity index (χ1n) is 11.0. The highest BCUT2D eigenvalue weighted by atomic mass is 16.5. The highest BCUT2D eigenvalue weighted by molar-refractivity contribution is 5.71. The topological polar surface area (TPSA) is 89.2 Å². The second-order valence-corrected chi connectivity index (χ2v) is 8.07. The lowest BCUT2D eigenvalue weighted by atomic mass is 10.00. The largest absolute Gasteiger partial charge is 0.502 e. The number of hydrogen-bond acceptors (Lipinski definition) is 7. The summed E-state index contributed by atoms with van der Waals surface area (Å²) in [6.07, 6.45) is 2.53. The van der Waals surface area contributed by atoms with Crippen LogP contribution in [0.5, 0.6) is 5.75 Å². The Morgan fingerprint density at radius 2 is 1.64 bits per heavy atom. The van der Waals surface area contributed by atoms with Crippen LogP contribution in [0.4, 0.5) is 0 Å². The van der Waals surface area contributed by atoms with Crippen molar-refractivity contribution in [2.75, 3.05) is 19.6 Å². The Balaban J connectivity index is 1.27. The molecule has 0 amide bonds. The lowest BCUT2D eigenvalue weighted by Crippen LogP contribution is -2.40. The average Bonchev–Trinajstić information content (AvgIpc) is 2.85. The molecule has 0 unspecified atom stereocenters. The summed E-state index contributed by atoms with van der Waals surface area (Å²) in [5, 5.41) is 9.21. The van der Waals surface area contributed by atoms with Gasteiger partial charge in [0.05, 0.1) is 12.6 Å². The van der Waals surface area contributed by atoms with Crippen LogP contribution in [0.15, 0.2) is 82.2 Å². The Labute approximate surface area is 192 Å². The van der Waals surface area contributed by atoms with Gasteiger partial charge >= 0.3 is 5.97 Å². The lowest BCUT2D eigenvalue weighted by Gasteiger charge is -2.33. The van der Waals surface area contributed by atoms with E-state index in [-0.39, 0.29) is 31.1 Å². The van der Waals surface area contributed by atoms with Crippen LogP contribution in [0, 0.1) is 0 Å². The van der Waals surface area contributed by atoms with Gasteiger partial charge in [0.2, 0.25) is 5.43 Å². The molecule has 1 aliphatic rings. The Kier molecular flexibility index (Phi) is 7.55. The van der Waals surface area contributed by atoms with Crippen LogP contribution in [0.3, 0.4) is 0 Å². The van der Waals surface area contributed by atoms with Gasteiger partial charge in [0, 0.05) is 19.2 Å². The molecule has 1 fully saturated rings. The van der Waals surface area contributed by atoms with E-state index in [0.717, 1.165) is 49.4 Å². The van der Waals surface area contributed by atoms with Crippen LogP contribution < -0.4 is 5.43 Å². The maximum Gasteiger partial charge on any atom is 0.320 e. The number of nitrogens with zero attached hydrogens (tertiary/aromatic N) is 1. The van der Waals surface area contributed by atoms with Crippen LogP contribution in [0.25, 0.3) is 0 Å². The van der Waals surface area contributed by atoms with Gasteiger partial charge in [-0.15, -0.1) is 0 Å². The summed E-state index contributed by atoms with van der Waals surface area (Å²) in [4.78, 5) is 25.7. The first-order valence-corrected chi connectivity index (χ1v) is 11.0. The zero-order valence-corrected chi connectivity index (χ0v) is 18.3. The zero-order chi connectivity index (χ0) is 23.0. The standard InChI is InChI=1S/C26H27NO6/c28-23-15-22(31-18-24(23)29)17-32-25(30)16-27-13-11-21(12-14-27)33-26(19-7-3-1-4-8-19)20-9-5-2-6-10-20/h1-10,15,18,21,26,29H,11-14,16-17H2. The molecular weight excluding hydrogens is 422 g/mol. The van der Waals surface area contributed by atoms with Crippen LogP contribution in [-0.4, -0.2) is 41.7 Å². The first kappa shape index (κ1) is 22.8. The summed E-state index contributed by atoms with van der Waals surface area (Å²) >= 11 is 0. The van der Waals surface area contributed by atoms with E-state index in [0.29, 0.717) is 0 Å². The summed E-state index contributed by atoms with van der Waals surface area (Å²) in [6.45, 7) is 1.47. The van der Waals surface area contributed by atoms with Crippen molar-refractivity contribution in [3.63, 3.8) is 0 Å². The Morgan fingerprint density at radius 1 is 1.03 bits per heavy atom. The molecule has 1 N–H and O–H groups in total. The third-order valence-electron chi connectivity index (χ3n) is 5.66. The second-order valence-electron chi connectivity index (χ2n) is 8.07. The van der Waals surface area contributed by atoms with Crippen LogP contribution in [0.1, 0.15) is 35.8 Å². The molecule has 2 heterocycles. The van der Waals surface area contributed by atoms with E-state index >= 15 is 0 Å². The fourth-order valence-electron chi connectivity index (χ4n) is 3.90. The van der Waals surface area contributed by atoms with Crippen LogP contribution in [0.2, 0.25) is 0 Å². The number of piperidine rings is 1. The minimum atomic E-state index is -0.571. The number of likely N-dealkylation sites (tertiary alicyclic amines) is 1. The molecule has 2 aromatic carbocycles. The third-order valence-corrected chi connectivity index (χ3v) is 5.66. The molecule has 1 saturated heterocycles. The molecule has 33 heavy (non-hydrogen) atoms. The van der Waals surface area contributed by atoms with Crippen molar-refractivity contribution in [3.05, 3.63) is 100 Å². The van der Waals surface area contributed by atoms with E-state index in [1.807, 2.05) is 41.3 Å². The number of hydrogen-bond donors (Lipinski definition) is 1. The van der Waals surface area contributed by atoms with Crippen molar-refractivity contribution in [2.24, 2.45) is 0 Å². The predicted octanol–water partition coefficient (Wildman–Crippen LogP) is 3.66. The van der Waals surface area contributed by atoms with Gasteiger partial charge in [-0.25, -0.2) is 0 Å². The van der Waals surface area contributed by atoms with Gasteiger partial charge < -0.3 is 19.0 Å². The first-order chi connectivity index (χ1) is 16.1. The highest BCUT2D eigenvalue weighted by Gasteiger charge is 2.26. The van der Waals surface area contributed by atoms with E-state index < -0.39 is 17.1 Å². The maximum atomic E-state index is 12.2. The highest BCUT2D eigenvalue weighted by Crippen LogP contribution is 2.29. The Bertz CT molecular complexity index is 1050. The minimum absolute atomic E-state index is 0.0916. The van der Waals surface area contributed by atoms with Gasteiger partial charge in [-0.05, 0) is 24.0 Å². The van der Waals surface area contributed by atoms with E-state index in [1.54, 1.807) is 0 Å². The summed E-state index contributed by atoms with van der Waals surface area (Å²) < 4.78 is 16.8. The quantitative estimate of drug-likeness (QED) is 0.525. The molecule has 3 aromatic rings. The molecule has 1 aliphatic heterocycles. The number of aromatic hydroxyl groups is 1. The normalized spacial score (nSPS) is 14.9. The van der Waals surface area contributed by atoms with Gasteiger partial charge in [-0.1, -0.05) is 60.7 Å². The number of esters is 1. The van der Waals surface area contributed by atoms with Gasteiger partial charge in [0.15, 0.2) is 5.75 Å². The van der Waals surface area contributed by atoms with Gasteiger partial charge in [0.1, 0.15) is 24.7 Å². The molecular formula is C26H27NO6. The van der Waals surface area contributed by atoms with Crippen molar-refractivity contribution in [2.45, 2.75) is 31.7 Å². The molecule has 0 bridgehead atoms. The van der Waals surface area contributed by atoms with E-state index in [2.05, 4.69) is 24.3 Å². The SMILES string of the molecule is O=C(CN1CCC(OC(c2ccccc2)c2ccccc2)CC1)OCc1cc(=O)c(O)co1. The smallest absolute Gasteiger partial charge is 0.320 e. The molecule has 7 heteroatoms. The van der Waals surface area contributed by atoms with E-state index in [1.165, 1.54) is 0 Å². The molecule has 0 saturated carbocycles. The number of rotatable bonds is 8. The summed E-state index contributed by atoms with van der Waals surface area (Å²) in [5.74, 6) is -0.681. The molecule has 172 valence electrons. The van der Waals surface area contributed by atoms with E-state index in [9.17, 15) is 14.7 Å². The van der Waals surface area contributed by atoms with Crippen molar-refractivity contribution in [1.29, 1.82) is 0 Å². The van der Waals surface area contributed by atoms with Crippen LogP contribution in [-0.2, 0) is 20.9 Å². The average molecular weight is 450 g/mol. The number of ether oxygens (including phenoxy) is 2.